The fourth-order valence-electron chi connectivity index (χ4n) is 4.18. The van der Waals surface area contributed by atoms with Gasteiger partial charge in [0.2, 0.25) is 0 Å². The molecule has 3 rings (SSSR count). The van der Waals surface area contributed by atoms with Crippen molar-refractivity contribution in [2.75, 3.05) is 32.5 Å². The molecule has 0 heterocycles. The van der Waals surface area contributed by atoms with Crippen LogP contribution >= 0.6 is 11.6 Å². The number of amides is 2. The molecule has 0 unspecified atom stereocenters. The summed E-state index contributed by atoms with van der Waals surface area (Å²) < 4.78 is 0. The second kappa shape index (κ2) is 10.4. The summed E-state index contributed by atoms with van der Waals surface area (Å²) >= 11 is 6.22. The average molecular weight is 455 g/mol. The van der Waals surface area contributed by atoms with Crippen LogP contribution in [0.4, 0.5) is 10.5 Å². The molecule has 1 aliphatic rings. The Kier molecular flexibility index (Phi) is 7.78. The summed E-state index contributed by atoms with van der Waals surface area (Å²) in [6.45, 7) is 3.26. The molecular weight excluding hydrogens is 424 g/mol. The van der Waals surface area contributed by atoms with E-state index >= 15 is 0 Å². The molecule has 0 spiro atoms. The quantitative estimate of drug-likeness (QED) is 0.660. The van der Waals surface area contributed by atoms with Crippen molar-refractivity contribution in [3.63, 3.8) is 0 Å². The zero-order chi connectivity index (χ0) is 23.3. The van der Waals surface area contributed by atoms with Crippen LogP contribution in [0.15, 0.2) is 42.5 Å². The molecule has 0 saturated heterocycles. The number of halogens is 1. The Morgan fingerprint density at radius 1 is 1.22 bits per heavy atom. The number of aryl methyl sites for hydroxylation is 1. The first-order valence-corrected chi connectivity index (χ1v) is 11.3. The van der Waals surface area contributed by atoms with Gasteiger partial charge in [-0.25, -0.2) is 4.79 Å². The molecule has 0 aliphatic heterocycles. The van der Waals surface area contributed by atoms with Crippen LogP contribution in [0.2, 0.25) is 5.02 Å². The van der Waals surface area contributed by atoms with E-state index in [9.17, 15) is 15.2 Å². The SMILES string of the molecule is Cc1ccc(NC(=O)N(CCN(C)C)C2CCC(O)(c3cccc(C#N)c3)CC2)cc1Cl. The minimum absolute atomic E-state index is 0.0234. The summed E-state index contributed by atoms with van der Waals surface area (Å²) in [7, 11) is 3.97. The first kappa shape index (κ1) is 24.1. The van der Waals surface area contributed by atoms with Gasteiger partial charge >= 0.3 is 6.03 Å². The summed E-state index contributed by atoms with van der Waals surface area (Å²) in [5.74, 6) is 0. The number of carbonyl (C=O) groups excluding carboxylic acids is 1. The molecule has 1 fully saturated rings. The molecule has 2 aromatic carbocycles. The minimum Gasteiger partial charge on any atom is -0.385 e. The van der Waals surface area contributed by atoms with Gasteiger partial charge in [-0.2, -0.15) is 5.26 Å². The Balaban J connectivity index is 1.72. The van der Waals surface area contributed by atoms with Crippen LogP contribution in [-0.2, 0) is 5.60 Å². The topological polar surface area (TPSA) is 79.6 Å². The molecule has 0 aromatic heterocycles. The number of nitrogens with zero attached hydrogens (tertiary/aromatic N) is 3. The molecule has 32 heavy (non-hydrogen) atoms. The monoisotopic (exact) mass is 454 g/mol. The number of nitriles is 1. The number of rotatable bonds is 6. The highest BCUT2D eigenvalue weighted by Crippen LogP contribution is 2.39. The van der Waals surface area contributed by atoms with Crippen LogP contribution in [0.25, 0.3) is 0 Å². The number of likely N-dealkylation sites (N-methyl/N-ethyl adjacent to an activating group) is 1. The van der Waals surface area contributed by atoms with E-state index in [4.69, 9.17) is 11.6 Å². The van der Waals surface area contributed by atoms with Gasteiger partial charge in [0.05, 0.1) is 17.2 Å². The number of hydrogen-bond acceptors (Lipinski definition) is 4. The lowest BCUT2D eigenvalue weighted by Gasteiger charge is -2.41. The number of hydrogen-bond donors (Lipinski definition) is 2. The molecular formula is C25H31ClN4O2. The van der Waals surface area contributed by atoms with Crippen LogP contribution in [0.3, 0.4) is 0 Å². The van der Waals surface area contributed by atoms with Crippen molar-refractivity contribution in [2.24, 2.45) is 0 Å². The number of anilines is 1. The maximum Gasteiger partial charge on any atom is 0.322 e. The zero-order valence-corrected chi connectivity index (χ0v) is 19.7. The molecule has 1 aliphatic carbocycles. The predicted octanol–water partition coefficient (Wildman–Crippen LogP) is 4.75. The normalized spacial score (nSPS) is 20.6. The standard InChI is InChI=1S/C25H31ClN4O2/c1-18-7-8-21(16-23(18)26)28-24(31)30(14-13-29(2)3)22-9-11-25(32,12-10-22)20-6-4-5-19(15-20)17-27/h4-8,15-16,22,32H,9-14H2,1-3H3,(H,28,31). The highest BCUT2D eigenvalue weighted by atomic mass is 35.5. The number of benzene rings is 2. The first-order valence-electron chi connectivity index (χ1n) is 10.9. The van der Waals surface area contributed by atoms with Gasteiger partial charge in [-0.05, 0) is 82.1 Å². The lowest BCUT2D eigenvalue weighted by molar-refractivity contribution is -0.0196. The predicted molar refractivity (Wildman–Crippen MR) is 128 cm³/mol. The number of aliphatic hydroxyl groups is 1. The Bertz CT molecular complexity index is 994. The maximum absolute atomic E-state index is 13.2. The Hall–Kier alpha value is -2.59. The van der Waals surface area contributed by atoms with E-state index in [1.165, 1.54) is 0 Å². The van der Waals surface area contributed by atoms with Crippen molar-refractivity contribution in [1.29, 1.82) is 5.26 Å². The highest BCUT2D eigenvalue weighted by molar-refractivity contribution is 6.31. The van der Waals surface area contributed by atoms with E-state index < -0.39 is 5.60 Å². The minimum atomic E-state index is -0.975. The zero-order valence-electron chi connectivity index (χ0n) is 18.9. The molecule has 0 bridgehead atoms. The summed E-state index contributed by atoms with van der Waals surface area (Å²) in [5, 5.41) is 24.0. The Morgan fingerprint density at radius 2 is 1.94 bits per heavy atom. The third kappa shape index (κ3) is 5.80. The molecule has 0 atom stereocenters. The number of urea groups is 1. The smallest absolute Gasteiger partial charge is 0.322 e. The van der Waals surface area contributed by atoms with Gasteiger partial charge in [0.15, 0.2) is 0 Å². The van der Waals surface area contributed by atoms with Crippen LogP contribution < -0.4 is 5.32 Å². The lowest BCUT2D eigenvalue weighted by Crippen LogP contribution is -2.49. The van der Waals surface area contributed by atoms with Gasteiger partial charge in [0.1, 0.15) is 0 Å². The number of nitrogens with one attached hydrogen (secondary N) is 1. The molecule has 1 saturated carbocycles. The van der Waals surface area contributed by atoms with Crippen molar-refractivity contribution in [1.82, 2.24) is 9.80 Å². The van der Waals surface area contributed by atoms with E-state index in [-0.39, 0.29) is 12.1 Å². The highest BCUT2D eigenvalue weighted by Gasteiger charge is 2.38. The van der Waals surface area contributed by atoms with Gasteiger partial charge in [-0.3, -0.25) is 0 Å². The van der Waals surface area contributed by atoms with E-state index in [1.54, 1.807) is 18.2 Å². The van der Waals surface area contributed by atoms with E-state index in [0.717, 1.165) is 17.7 Å². The van der Waals surface area contributed by atoms with Crippen LogP contribution in [-0.4, -0.2) is 54.2 Å². The van der Waals surface area contributed by atoms with Gasteiger partial charge in [0.25, 0.3) is 0 Å². The lowest BCUT2D eigenvalue weighted by atomic mass is 9.77. The molecule has 7 heteroatoms. The van der Waals surface area contributed by atoms with Gasteiger partial charge in [-0.15, -0.1) is 0 Å². The van der Waals surface area contributed by atoms with Crippen molar-refractivity contribution in [3.05, 3.63) is 64.2 Å². The van der Waals surface area contributed by atoms with Crippen molar-refractivity contribution in [2.45, 2.75) is 44.2 Å². The van der Waals surface area contributed by atoms with Crippen molar-refractivity contribution >= 4 is 23.3 Å². The second-order valence-corrected chi connectivity index (χ2v) is 9.25. The van der Waals surface area contributed by atoms with Gasteiger partial charge in [-0.1, -0.05) is 29.8 Å². The molecule has 2 N–H and O–H groups in total. The summed E-state index contributed by atoms with van der Waals surface area (Å²) in [6.07, 6.45) is 2.44. The summed E-state index contributed by atoms with van der Waals surface area (Å²) in [5.41, 5.74) is 1.97. The van der Waals surface area contributed by atoms with Crippen LogP contribution in [0.5, 0.6) is 0 Å². The van der Waals surface area contributed by atoms with Crippen molar-refractivity contribution < 1.29 is 9.90 Å². The van der Waals surface area contributed by atoms with Gasteiger partial charge < -0.3 is 20.2 Å². The largest absolute Gasteiger partial charge is 0.385 e. The first-order chi connectivity index (χ1) is 15.2. The molecule has 2 aromatic rings. The fourth-order valence-corrected chi connectivity index (χ4v) is 4.36. The fraction of sp³-hybridized carbons (Fsp3) is 0.440. The molecule has 2 amide bonds. The third-order valence-corrected chi connectivity index (χ3v) is 6.63. The van der Waals surface area contributed by atoms with E-state index in [1.807, 2.05) is 50.2 Å². The maximum atomic E-state index is 13.2. The van der Waals surface area contributed by atoms with Crippen LogP contribution in [0, 0.1) is 18.3 Å². The Labute approximate surface area is 195 Å². The average Bonchev–Trinajstić information content (AvgIpc) is 2.77. The number of carbonyl (C=O) groups is 1. The molecule has 170 valence electrons. The van der Waals surface area contributed by atoms with Crippen LogP contribution in [0.1, 0.15) is 42.4 Å². The van der Waals surface area contributed by atoms with Gasteiger partial charge in [0, 0.05) is 29.8 Å². The summed E-state index contributed by atoms with van der Waals surface area (Å²) in [4.78, 5) is 17.1. The van der Waals surface area contributed by atoms with Crippen molar-refractivity contribution in [3.8, 4) is 6.07 Å². The molecule has 6 nitrogen and oxygen atoms in total. The second-order valence-electron chi connectivity index (χ2n) is 8.85. The molecule has 0 radical (unpaired) electrons. The third-order valence-electron chi connectivity index (χ3n) is 6.22. The van der Waals surface area contributed by atoms with E-state index in [2.05, 4.69) is 16.3 Å². The van der Waals surface area contributed by atoms with E-state index in [0.29, 0.717) is 48.5 Å². The Morgan fingerprint density at radius 3 is 2.56 bits per heavy atom. The summed E-state index contributed by atoms with van der Waals surface area (Å²) in [6, 6.07) is 14.7.